The topological polar surface area (TPSA) is 25.8 Å². The summed E-state index contributed by atoms with van der Waals surface area (Å²) in [6.07, 6.45) is 8.60. The van der Waals surface area contributed by atoms with Crippen LogP contribution in [0.4, 0.5) is 0 Å². The highest BCUT2D eigenvalue weighted by Gasteiger charge is 2.44. The number of nitrogens with zero attached hydrogens (tertiary/aromatic N) is 2. The Balaban J connectivity index is 1.38. The molecule has 1 atom stereocenters. The average Bonchev–Trinajstić information content (AvgIpc) is 3.05. The summed E-state index contributed by atoms with van der Waals surface area (Å²) in [5.74, 6) is 0. The molecule has 8 rings (SSSR count). The fourth-order valence-electron chi connectivity index (χ4n) is 7.14. The molecular formula is C39H30N2. The largest absolute Gasteiger partial charge is 0.154 e. The van der Waals surface area contributed by atoms with Gasteiger partial charge in [0.15, 0.2) is 0 Å². The minimum atomic E-state index is -0.280. The highest BCUT2D eigenvalue weighted by atomic mass is 15.1. The van der Waals surface area contributed by atoms with Crippen LogP contribution in [0.1, 0.15) is 35.2 Å². The molecule has 196 valence electrons. The molecule has 0 amide bonds. The van der Waals surface area contributed by atoms with Crippen molar-refractivity contribution in [2.75, 3.05) is 0 Å². The molecule has 0 saturated heterocycles. The monoisotopic (exact) mass is 526 g/mol. The first-order valence-electron chi connectivity index (χ1n) is 14.6. The standard InChI is InChI=1S/C39H30N2/c1-3-11-27(12-4-1)25-39(38-24-31-15-7-10-18-37(31)40-41-38)26-35-32-21-19-29(28-13-5-2-6-14-28)23-30(32)20-22-33(35)34-16-8-9-17-36(34)39/h1-8,10-16,18-24H,9,17,25-26H2. The summed E-state index contributed by atoms with van der Waals surface area (Å²) in [5, 5.41) is 13.5. The van der Waals surface area contributed by atoms with Crippen molar-refractivity contribution in [1.29, 1.82) is 0 Å². The summed E-state index contributed by atoms with van der Waals surface area (Å²) in [6, 6.07) is 43.9. The molecule has 0 bridgehead atoms. The van der Waals surface area contributed by atoms with Crippen molar-refractivity contribution in [2.45, 2.75) is 31.1 Å². The summed E-state index contributed by atoms with van der Waals surface area (Å²) in [4.78, 5) is 0. The molecule has 0 radical (unpaired) electrons. The second-order valence-corrected chi connectivity index (χ2v) is 11.4. The molecule has 6 aromatic rings. The van der Waals surface area contributed by atoms with Gasteiger partial charge in [0.1, 0.15) is 0 Å². The van der Waals surface area contributed by atoms with E-state index in [0.717, 1.165) is 42.3 Å². The van der Waals surface area contributed by atoms with Crippen LogP contribution in [-0.2, 0) is 18.3 Å². The van der Waals surface area contributed by atoms with E-state index >= 15 is 0 Å². The Morgan fingerprint density at radius 3 is 2.34 bits per heavy atom. The average molecular weight is 527 g/mol. The normalized spacial score (nSPS) is 18.0. The summed E-state index contributed by atoms with van der Waals surface area (Å²) in [6.45, 7) is 0. The van der Waals surface area contributed by atoms with E-state index in [9.17, 15) is 0 Å². The van der Waals surface area contributed by atoms with E-state index in [4.69, 9.17) is 10.2 Å². The van der Waals surface area contributed by atoms with Crippen LogP contribution in [0.3, 0.4) is 0 Å². The number of rotatable bonds is 4. The molecule has 1 heterocycles. The molecule has 0 saturated carbocycles. The van der Waals surface area contributed by atoms with Gasteiger partial charge in [-0.3, -0.25) is 0 Å². The molecular weight excluding hydrogens is 496 g/mol. The Labute approximate surface area is 240 Å². The molecule has 0 N–H and O–H groups in total. The quantitative estimate of drug-likeness (QED) is 0.229. The van der Waals surface area contributed by atoms with Crippen molar-refractivity contribution >= 4 is 27.2 Å². The zero-order chi connectivity index (χ0) is 27.2. The number of hydrogen-bond acceptors (Lipinski definition) is 2. The maximum atomic E-state index is 4.99. The van der Waals surface area contributed by atoms with Crippen LogP contribution in [0.25, 0.3) is 38.4 Å². The van der Waals surface area contributed by atoms with Crippen LogP contribution in [0, 0.1) is 0 Å². The minimum Gasteiger partial charge on any atom is -0.154 e. The fourth-order valence-corrected chi connectivity index (χ4v) is 7.14. The van der Waals surface area contributed by atoms with Gasteiger partial charge in [0.2, 0.25) is 0 Å². The van der Waals surface area contributed by atoms with Crippen molar-refractivity contribution in [2.24, 2.45) is 0 Å². The maximum absolute atomic E-state index is 4.99. The second-order valence-electron chi connectivity index (χ2n) is 11.4. The number of benzene rings is 5. The van der Waals surface area contributed by atoms with Gasteiger partial charge in [-0.15, -0.1) is 0 Å². The highest BCUT2D eigenvalue weighted by molar-refractivity contribution is 5.97. The van der Waals surface area contributed by atoms with Gasteiger partial charge >= 0.3 is 0 Å². The molecule has 5 aromatic carbocycles. The van der Waals surface area contributed by atoms with Gasteiger partial charge in [0.25, 0.3) is 0 Å². The molecule has 2 aliphatic carbocycles. The first-order chi connectivity index (χ1) is 20.3. The number of hydrogen-bond donors (Lipinski definition) is 0. The number of allylic oxidation sites excluding steroid dienone is 4. The molecule has 2 nitrogen and oxygen atoms in total. The van der Waals surface area contributed by atoms with E-state index in [1.54, 1.807) is 0 Å². The van der Waals surface area contributed by atoms with E-state index in [0.29, 0.717) is 0 Å². The number of fused-ring (bicyclic) bond motifs is 5. The van der Waals surface area contributed by atoms with Crippen LogP contribution in [0.2, 0.25) is 0 Å². The van der Waals surface area contributed by atoms with Crippen molar-refractivity contribution in [3.63, 3.8) is 0 Å². The smallest absolute Gasteiger partial charge is 0.0929 e. The molecule has 0 fully saturated rings. The SMILES string of the molecule is C1=CC2=C(CC1)C(Cc1ccccc1)(c1cc3ccccc3nn1)Cc1c2ccc2cc(-c3ccccc3)ccc12. The molecule has 0 aliphatic heterocycles. The van der Waals surface area contributed by atoms with E-state index in [1.807, 2.05) is 6.07 Å². The lowest BCUT2D eigenvalue weighted by Crippen LogP contribution is -2.39. The third-order valence-corrected chi connectivity index (χ3v) is 9.09. The first-order valence-corrected chi connectivity index (χ1v) is 14.6. The van der Waals surface area contributed by atoms with Gasteiger partial charge in [0.05, 0.1) is 11.2 Å². The van der Waals surface area contributed by atoms with Crippen molar-refractivity contribution in [1.82, 2.24) is 10.2 Å². The van der Waals surface area contributed by atoms with E-state index in [1.165, 1.54) is 49.7 Å². The third kappa shape index (κ3) is 4.02. The van der Waals surface area contributed by atoms with Crippen LogP contribution in [0.5, 0.6) is 0 Å². The molecule has 1 aromatic heterocycles. The summed E-state index contributed by atoms with van der Waals surface area (Å²) in [5.41, 5.74) is 11.2. The van der Waals surface area contributed by atoms with Gasteiger partial charge in [-0.25, -0.2) is 0 Å². The zero-order valence-corrected chi connectivity index (χ0v) is 22.9. The van der Waals surface area contributed by atoms with Gasteiger partial charge in [-0.05, 0) is 93.6 Å². The third-order valence-electron chi connectivity index (χ3n) is 9.09. The summed E-state index contributed by atoms with van der Waals surface area (Å²) < 4.78 is 0. The Morgan fingerprint density at radius 2 is 1.46 bits per heavy atom. The van der Waals surface area contributed by atoms with Crippen molar-refractivity contribution in [3.05, 3.63) is 161 Å². The predicted molar refractivity (Wildman–Crippen MR) is 170 cm³/mol. The lowest BCUT2D eigenvalue weighted by molar-refractivity contribution is 0.456. The van der Waals surface area contributed by atoms with Crippen LogP contribution < -0.4 is 0 Å². The Hall–Kier alpha value is -4.82. The van der Waals surface area contributed by atoms with Gasteiger partial charge < -0.3 is 0 Å². The first kappa shape index (κ1) is 24.0. The Bertz CT molecular complexity index is 1990. The minimum absolute atomic E-state index is 0.280. The van der Waals surface area contributed by atoms with Crippen molar-refractivity contribution in [3.8, 4) is 11.1 Å². The van der Waals surface area contributed by atoms with Crippen molar-refractivity contribution < 1.29 is 0 Å². The van der Waals surface area contributed by atoms with Gasteiger partial charge in [0, 0.05) is 10.8 Å². The van der Waals surface area contributed by atoms with Crippen LogP contribution in [0.15, 0.2) is 139 Å². The van der Waals surface area contributed by atoms with Crippen LogP contribution >= 0.6 is 0 Å². The second kappa shape index (κ2) is 9.67. The highest BCUT2D eigenvalue weighted by Crippen LogP contribution is 2.51. The molecule has 41 heavy (non-hydrogen) atoms. The lowest BCUT2D eigenvalue weighted by atomic mass is 9.60. The summed E-state index contributed by atoms with van der Waals surface area (Å²) >= 11 is 0. The fraction of sp³-hybridized carbons (Fsp3) is 0.128. The number of aromatic nitrogens is 2. The predicted octanol–water partition coefficient (Wildman–Crippen LogP) is 9.29. The van der Waals surface area contributed by atoms with Gasteiger partial charge in [-0.1, -0.05) is 115 Å². The Kier molecular flexibility index (Phi) is 5.67. The van der Waals surface area contributed by atoms with E-state index in [-0.39, 0.29) is 5.41 Å². The lowest BCUT2D eigenvalue weighted by Gasteiger charge is -2.43. The van der Waals surface area contributed by atoms with Crippen LogP contribution in [-0.4, -0.2) is 10.2 Å². The van der Waals surface area contributed by atoms with E-state index in [2.05, 4.69) is 127 Å². The molecule has 1 unspecified atom stereocenters. The molecule has 0 spiro atoms. The van der Waals surface area contributed by atoms with Gasteiger partial charge in [-0.2, -0.15) is 10.2 Å². The zero-order valence-electron chi connectivity index (χ0n) is 22.9. The molecule has 2 aliphatic rings. The molecule has 2 heteroatoms. The maximum Gasteiger partial charge on any atom is 0.0929 e. The summed E-state index contributed by atoms with van der Waals surface area (Å²) in [7, 11) is 0. The Morgan fingerprint density at radius 1 is 0.659 bits per heavy atom. The van der Waals surface area contributed by atoms with E-state index < -0.39 is 0 Å².